The van der Waals surface area contributed by atoms with E-state index in [9.17, 15) is 47.9 Å². The second-order valence-corrected chi connectivity index (χ2v) is 13.4. The zero-order chi connectivity index (χ0) is 43.2. The highest BCUT2D eigenvalue weighted by Crippen LogP contribution is 2.12. The lowest BCUT2D eigenvalue weighted by Gasteiger charge is -2.29. The molecule has 0 heterocycles. The minimum atomic E-state index is -1.49. The Morgan fingerprint density at radius 2 is 1.25 bits per heavy atom. The van der Waals surface area contributed by atoms with Crippen LogP contribution >= 0.6 is 12.6 Å². The van der Waals surface area contributed by atoms with Crippen molar-refractivity contribution >= 4 is 71.8 Å². The Kier molecular flexibility index (Phi) is 21.9. The van der Waals surface area contributed by atoms with Crippen LogP contribution in [0.25, 0.3) is 0 Å². The Morgan fingerprint density at radius 3 is 1.79 bits per heavy atom. The molecule has 1 aromatic carbocycles. The molecule has 22 heteroatoms. The van der Waals surface area contributed by atoms with Crippen LogP contribution in [0, 0.1) is 5.92 Å². The molecule has 21 nitrogen and oxygen atoms in total. The third-order valence-corrected chi connectivity index (χ3v) is 8.86. The monoisotopic (exact) mass is 823 g/mol. The first kappa shape index (κ1) is 49.2. The van der Waals surface area contributed by atoms with Gasteiger partial charge in [0.05, 0.1) is 13.1 Å². The number of amides is 8. The summed E-state index contributed by atoms with van der Waals surface area (Å²) in [6.45, 7) is 3.47. The second kappa shape index (κ2) is 25.4. The van der Waals surface area contributed by atoms with Gasteiger partial charge in [0.2, 0.25) is 47.3 Å². The zero-order valence-electron chi connectivity index (χ0n) is 31.9. The Balaban J connectivity index is 3.26. The second-order valence-electron chi connectivity index (χ2n) is 13.0. The highest BCUT2D eigenvalue weighted by molar-refractivity contribution is 7.80. The molecule has 8 amide bonds. The first-order valence-corrected chi connectivity index (χ1v) is 18.6. The molecule has 0 aliphatic carbocycles. The van der Waals surface area contributed by atoms with E-state index in [4.69, 9.17) is 21.7 Å². The lowest BCUT2D eigenvalue weighted by Crippen LogP contribution is -2.60. The fourth-order valence-electron chi connectivity index (χ4n) is 5.02. The van der Waals surface area contributed by atoms with Crippen LogP contribution in [0.1, 0.15) is 58.4 Å². The zero-order valence-corrected chi connectivity index (χ0v) is 32.8. The number of nitrogens with one attached hydrogen (secondary N) is 7. The number of carbonyl (C=O) groups is 10. The third-order valence-electron chi connectivity index (χ3n) is 8.50. The number of carboxylic acid groups (broad SMARTS) is 2. The number of aliphatic carboxylic acids is 2. The topological polar surface area (TPSA) is 347 Å². The minimum absolute atomic E-state index is 0.104. The Hall–Kier alpha value is -5.77. The summed E-state index contributed by atoms with van der Waals surface area (Å²) in [5.74, 6) is -10.1. The van der Waals surface area contributed by atoms with Crippen molar-refractivity contribution in [2.75, 3.05) is 18.8 Å². The van der Waals surface area contributed by atoms with Gasteiger partial charge < -0.3 is 58.9 Å². The fourth-order valence-corrected chi connectivity index (χ4v) is 5.27. The summed E-state index contributed by atoms with van der Waals surface area (Å²) in [5.41, 5.74) is 11.3. The molecule has 0 unspecified atom stereocenters. The molecule has 0 aliphatic rings. The SMILES string of the molecule is CC[C@H](C)[C@H](NC(=O)[C@H](CCC(=O)O)NC(=O)CN)C(=O)N[C@@H](CCC(N)=O)C(=O)N[C@@H](Cc1ccccc1)C(=O)NCC(=O)N[C@@H](C)C(=O)N[C@@H](CS)C(=O)O. The van der Waals surface area contributed by atoms with Crippen LogP contribution in [0.2, 0.25) is 0 Å². The van der Waals surface area contributed by atoms with Crippen molar-refractivity contribution < 1.29 is 58.2 Å². The van der Waals surface area contributed by atoms with Crippen molar-refractivity contribution in [2.24, 2.45) is 17.4 Å². The molecule has 1 aromatic rings. The van der Waals surface area contributed by atoms with E-state index >= 15 is 0 Å². The number of hydrogen-bond donors (Lipinski definition) is 12. The van der Waals surface area contributed by atoms with Crippen molar-refractivity contribution in [1.82, 2.24) is 37.2 Å². The molecular weight excluding hydrogens is 771 g/mol. The summed E-state index contributed by atoms with van der Waals surface area (Å²) in [6, 6.07) is 0.361. The molecule has 57 heavy (non-hydrogen) atoms. The fraction of sp³-hybridized carbons (Fsp3) is 0.543. The normalized spacial score (nSPS) is 14.4. The Labute approximate surface area is 334 Å². The van der Waals surface area contributed by atoms with Gasteiger partial charge in [-0.3, -0.25) is 43.2 Å². The van der Waals surface area contributed by atoms with Gasteiger partial charge in [0.15, 0.2) is 0 Å². The first-order valence-electron chi connectivity index (χ1n) is 18.0. The molecule has 0 radical (unpaired) electrons. The van der Waals surface area contributed by atoms with Crippen LogP contribution in [-0.2, 0) is 54.4 Å². The quantitative estimate of drug-likeness (QED) is 0.0403. The number of carbonyl (C=O) groups excluding carboxylic acids is 8. The first-order chi connectivity index (χ1) is 26.8. The molecule has 0 saturated carbocycles. The number of carboxylic acids is 2. The van der Waals surface area contributed by atoms with E-state index in [1.165, 1.54) is 6.92 Å². The van der Waals surface area contributed by atoms with E-state index in [0.717, 1.165) is 0 Å². The van der Waals surface area contributed by atoms with E-state index in [1.807, 2.05) is 0 Å². The van der Waals surface area contributed by atoms with E-state index in [0.29, 0.717) is 12.0 Å². The van der Waals surface area contributed by atoms with Crippen LogP contribution in [-0.4, -0.2) is 125 Å². The minimum Gasteiger partial charge on any atom is -0.481 e. The van der Waals surface area contributed by atoms with Crippen LogP contribution in [0.5, 0.6) is 0 Å². The average Bonchev–Trinajstić information content (AvgIpc) is 3.16. The number of thiol groups is 1. The van der Waals surface area contributed by atoms with Gasteiger partial charge in [-0.2, -0.15) is 12.6 Å². The molecular formula is C35H53N9O12S. The maximum absolute atomic E-state index is 13.8. The smallest absolute Gasteiger partial charge is 0.327 e. The van der Waals surface area contributed by atoms with Gasteiger partial charge in [-0.05, 0) is 31.2 Å². The third kappa shape index (κ3) is 18.6. The Morgan fingerprint density at radius 1 is 0.684 bits per heavy atom. The molecule has 316 valence electrons. The predicted molar refractivity (Wildman–Crippen MR) is 206 cm³/mol. The maximum atomic E-state index is 13.8. The van der Waals surface area contributed by atoms with Gasteiger partial charge in [-0.25, -0.2) is 4.79 Å². The number of benzene rings is 1. The van der Waals surface area contributed by atoms with E-state index < -0.39 is 121 Å². The van der Waals surface area contributed by atoms with Crippen molar-refractivity contribution in [3.05, 3.63) is 35.9 Å². The number of nitrogens with two attached hydrogens (primary N) is 2. The van der Waals surface area contributed by atoms with E-state index in [2.05, 4.69) is 49.8 Å². The summed E-state index contributed by atoms with van der Waals surface area (Å²) in [7, 11) is 0. The van der Waals surface area contributed by atoms with Gasteiger partial charge in [-0.15, -0.1) is 0 Å². The molecule has 0 spiro atoms. The molecule has 0 aromatic heterocycles. The lowest BCUT2D eigenvalue weighted by molar-refractivity contribution is -0.141. The molecule has 0 fully saturated rings. The molecule has 0 aliphatic heterocycles. The Bertz CT molecular complexity index is 1600. The van der Waals surface area contributed by atoms with Crippen LogP contribution in [0.4, 0.5) is 0 Å². The molecule has 7 atom stereocenters. The van der Waals surface area contributed by atoms with E-state index in [1.54, 1.807) is 44.2 Å². The van der Waals surface area contributed by atoms with E-state index in [-0.39, 0.29) is 31.4 Å². The summed E-state index contributed by atoms with van der Waals surface area (Å²) in [6.07, 6.45) is -1.31. The molecule has 13 N–H and O–H groups in total. The molecule has 1 rings (SSSR count). The van der Waals surface area contributed by atoms with Gasteiger partial charge in [0.1, 0.15) is 36.3 Å². The van der Waals surface area contributed by atoms with Crippen molar-refractivity contribution in [2.45, 2.75) is 95.5 Å². The largest absolute Gasteiger partial charge is 0.481 e. The summed E-state index contributed by atoms with van der Waals surface area (Å²) in [4.78, 5) is 125. The average molecular weight is 824 g/mol. The molecule has 0 bridgehead atoms. The van der Waals surface area contributed by atoms with Gasteiger partial charge in [0.25, 0.3) is 0 Å². The van der Waals surface area contributed by atoms with Crippen molar-refractivity contribution in [3.63, 3.8) is 0 Å². The lowest BCUT2D eigenvalue weighted by atomic mass is 9.96. The van der Waals surface area contributed by atoms with Gasteiger partial charge in [-0.1, -0.05) is 50.6 Å². The summed E-state index contributed by atoms with van der Waals surface area (Å²) >= 11 is 3.87. The highest BCUT2D eigenvalue weighted by Gasteiger charge is 2.34. The van der Waals surface area contributed by atoms with Crippen LogP contribution < -0.4 is 48.7 Å². The maximum Gasteiger partial charge on any atom is 0.327 e. The number of rotatable bonds is 26. The standard InChI is InChI=1S/C35H53N9O12S/c1-4-18(2)29(44-33(53)21(11-13-28(48)49)40-26(46)15-36)34(54)41-22(10-12-25(37)45)32(52)42-23(14-20-8-6-5-7-9-20)31(51)38-16-27(47)39-19(3)30(50)43-24(17-57)35(55)56/h5-9,18-19,21-24,29,57H,4,10-17,36H2,1-3H3,(H2,37,45)(H,38,51)(H,39,47)(H,40,46)(H,41,54)(H,42,52)(H,43,50)(H,44,53)(H,48,49)(H,55,56)/t18-,19-,21-,22-,23-,24-,29-/m0/s1. The van der Waals surface area contributed by atoms with Crippen LogP contribution in [0.15, 0.2) is 30.3 Å². The van der Waals surface area contributed by atoms with Gasteiger partial charge in [0, 0.05) is 25.0 Å². The summed E-state index contributed by atoms with van der Waals surface area (Å²) < 4.78 is 0. The number of primary amides is 1. The predicted octanol–water partition coefficient (Wildman–Crippen LogP) is -3.58. The van der Waals surface area contributed by atoms with Crippen molar-refractivity contribution in [1.29, 1.82) is 0 Å². The molecule has 0 saturated heterocycles. The summed E-state index contributed by atoms with van der Waals surface area (Å²) in [5, 5.41) is 35.0. The highest BCUT2D eigenvalue weighted by atomic mass is 32.1. The van der Waals surface area contributed by atoms with Crippen molar-refractivity contribution in [3.8, 4) is 0 Å². The van der Waals surface area contributed by atoms with Crippen LogP contribution in [0.3, 0.4) is 0 Å². The van der Waals surface area contributed by atoms with Gasteiger partial charge >= 0.3 is 11.9 Å². The number of hydrogen-bond acceptors (Lipinski definition) is 12.